The van der Waals surface area contributed by atoms with Crippen LogP contribution in [0.3, 0.4) is 0 Å². The maximum absolute atomic E-state index is 9.89. The number of benzene rings is 10. The number of rotatable bonds is 13. The van der Waals surface area contributed by atoms with Crippen LogP contribution in [0, 0.1) is 11.8 Å². The quantitative estimate of drug-likeness (QED) is 0.101. The standard InChI is InChI=1S/2C31H27.C12H9Si.2ClH.Zr/c2*1-3-22(2)26-20-25-18-19-28(24-14-8-5-9-15-24)31(30(25)21-26)29-17-11-10-16-27(29)23-12-6-4-7-13-23;1-3-7-11-9(5-1)10-6-2-4-8-12(10)13-11;;;/h2*4-22H,3H2,1-2H3;1-7H,13H2;2*1H;/q;;;;;+2/p-2. The van der Waals surface area contributed by atoms with Crippen LogP contribution >= 0.6 is 17.0 Å². The second kappa shape index (κ2) is 20.5. The summed E-state index contributed by atoms with van der Waals surface area (Å²) in [6, 6.07) is 87.8. The molecular weight excluding hydrogens is 1080 g/mol. The molecule has 1 aliphatic heterocycles. The van der Waals surface area contributed by atoms with Crippen LogP contribution in [0.2, 0.25) is 0 Å². The summed E-state index contributed by atoms with van der Waals surface area (Å²) in [5.74, 6) is 0.393. The van der Waals surface area contributed by atoms with Crippen LogP contribution < -0.4 is 13.6 Å². The molecule has 1 heterocycles. The fraction of sp³-hybridized carbons (Fsp3) is 0.135. The van der Waals surface area contributed by atoms with Crippen LogP contribution in [0.4, 0.5) is 0 Å². The fourth-order valence-electron chi connectivity index (χ4n) is 14.0. The molecule has 2 aliphatic carbocycles. The van der Waals surface area contributed by atoms with E-state index in [0.29, 0.717) is 0 Å². The maximum atomic E-state index is 9.89. The molecule has 3 aliphatic rings. The molecule has 13 rings (SSSR count). The van der Waals surface area contributed by atoms with Gasteiger partial charge in [0.05, 0.1) is 0 Å². The summed E-state index contributed by atoms with van der Waals surface area (Å²) in [5, 5.41) is 2.91. The first-order valence-electron chi connectivity index (χ1n) is 28.1. The molecule has 4 unspecified atom stereocenters. The van der Waals surface area contributed by atoms with Gasteiger partial charge in [-0.15, -0.1) is 0 Å². The van der Waals surface area contributed by atoms with E-state index >= 15 is 0 Å². The molecule has 0 nitrogen and oxygen atoms in total. The molecule has 0 amide bonds. The Morgan fingerprint density at radius 2 is 0.731 bits per heavy atom. The monoisotopic (exact) mass is 1140 g/mol. The van der Waals surface area contributed by atoms with Gasteiger partial charge in [0, 0.05) is 0 Å². The van der Waals surface area contributed by atoms with Crippen molar-refractivity contribution in [3.05, 3.63) is 270 Å². The summed E-state index contributed by atoms with van der Waals surface area (Å²) in [6.07, 6.45) is 7.10. The number of fused-ring (bicyclic) bond motifs is 5. The van der Waals surface area contributed by atoms with Crippen molar-refractivity contribution in [3.8, 4) is 77.9 Å². The Labute approximate surface area is 472 Å². The molecule has 4 heteroatoms. The van der Waals surface area contributed by atoms with Gasteiger partial charge in [-0.05, 0) is 0 Å². The van der Waals surface area contributed by atoms with Crippen molar-refractivity contribution >= 4 is 52.3 Å². The van der Waals surface area contributed by atoms with Crippen molar-refractivity contribution in [2.24, 2.45) is 11.8 Å². The average molecular weight is 1140 g/mol. The summed E-state index contributed by atoms with van der Waals surface area (Å²) in [7, 11) is 18.8. The van der Waals surface area contributed by atoms with E-state index in [2.05, 4.69) is 276 Å². The summed E-state index contributed by atoms with van der Waals surface area (Å²) < 4.78 is 0.776. The number of allylic oxidation sites excluding steroid dienone is 2. The molecule has 381 valence electrons. The first-order chi connectivity index (χ1) is 38.2. The zero-order valence-electron chi connectivity index (χ0n) is 44.9. The third-order valence-electron chi connectivity index (χ3n) is 18.0. The Morgan fingerprint density at radius 1 is 0.372 bits per heavy atom. The zero-order chi connectivity index (χ0) is 53.1. The van der Waals surface area contributed by atoms with Crippen LogP contribution in [0.15, 0.2) is 248 Å². The summed E-state index contributed by atoms with van der Waals surface area (Å²) in [5.41, 5.74) is 24.9. The molecular formula is C74H63Cl2SiZr. The Kier molecular flexibility index (Phi) is 13.4. The molecule has 0 saturated carbocycles. The van der Waals surface area contributed by atoms with E-state index in [4.69, 9.17) is 0 Å². The van der Waals surface area contributed by atoms with E-state index in [-0.39, 0.29) is 19.1 Å². The number of hydrogen-bond acceptors (Lipinski definition) is 0. The van der Waals surface area contributed by atoms with Gasteiger partial charge in [-0.3, -0.25) is 0 Å². The van der Waals surface area contributed by atoms with Gasteiger partial charge < -0.3 is 0 Å². The van der Waals surface area contributed by atoms with Crippen molar-refractivity contribution in [1.82, 2.24) is 0 Å². The van der Waals surface area contributed by atoms with Crippen molar-refractivity contribution in [3.63, 3.8) is 0 Å². The van der Waals surface area contributed by atoms with E-state index in [1.165, 1.54) is 125 Å². The number of hydrogen-bond donors (Lipinski definition) is 0. The predicted molar refractivity (Wildman–Crippen MR) is 337 cm³/mol. The second-order valence-electron chi connectivity index (χ2n) is 22.1. The Hall–Kier alpha value is -6.64. The van der Waals surface area contributed by atoms with Crippen LogP contribution in [0.5, 0.6) is 0 Å². The number of halogens is 2. The van der Waals surface area contributed by atoms with Gasteiger partial charge in [-0.1, -0.05) is 0 Å². The van der Waals surface area contributed by atoms with Crippen molar-refractivity contribution < 1.29 is 16.4 Å². The fourth-order valence-corrected chi connectivity index (χ4v) is 42.0. The molecule has 0 bridgehead atoms. The molecule has 78 heavy (non-hydrogen) atoms. The SMILES string of the molecule is CCC(C)C1=Cc2c(ccc(-c3ccccc3)c2-c2ccccc2-c2ccccc2)[CH]1[Zr]([Cl])([Cl])([c]1cccc2c1[SiH2]c1ccccc1-2)[CH]1C(C(C)CC)=Cc2c1ccc(-c1ccccc1)c2-c1ccccc1-c1ccccc1. The van der Waals surface area contributed by atoms with Gasteiger partial charge in [-0.2, -0.15) is 0 Å². The van der Waals surface area contributed by atoms with E-state index in [0.717, 1.165) is 12.8 Å². The van der Waals surface area contributed by atoms with Crippen LogP contribution in [0.25, 0.3) is 90.0 Å². The van der Waals surface area contributed by atoms with Gasteiger partial charge in [0.25, 0.3) is 0 Å². The van der Waals surface area contributed by atoms with Crippen molar-refractivity contribution in [2.45, 2.75) is 47.8 Å². The Balaban J connectivity index is 1.16. The molecule has 0 saturated heterocycles. The molecule has 10 aromatic rings. The molecule has 0 radical (unpaired) electrons. The zero-order valence-corrected chi connectivity index (χ0v) is 50.2. The van der Waals surface area contributed by atoms with E-state index in [9.17, 15) is 17.0 Å². The predicted octanol–water partition coefficient (Wildman–Crippen LogP) is 18.8. The van der Waals surface area contributed by atoms with Gasteiger partial charge in [0.15, 0.2) is 0 Å². The van der Waals surface area contributed by atoms with Crippen molar-refractivity contribution in [1.29, 1.82) is 0 Å². The van der Waals surface area contributed by atoms with Crippen LogP contribution in [-0.2, 0) is 16.4 Å². The summed E-state index contributed by atoms with van der Waals surface area (Å²) in [4.78, 5) is 0. The van der Waals surface area contributed by atoms with Crippen LogP contribution in [0.1, 0.15) is 70.0 Å². The molecule has 0 N–H and O–H groups in total. The molecule has 0 spiro atoms. The first kappa shape index (κ1) is 50.8. The summed E-state index contributed by atoms with van der Waals surface area (Å²) >= 11 is -6.08. The van der Waals surface area contributed by atoms with Crippen molar-refractivity contribution in [2.75, 3.05) is 0 Å². The first-order valence-corrected chi connectivity index (χ1v) is 39.9. The average Bonchev–Trinajstić information content (AvgIpc) is 4.38. The molecule has 0 fully saturated rings. The van der Waals surface area contributed by atoms with Crippen LogP contribution in [-0.4, -0.2) is 9.52 Å². The topological polar surface area (TPSA) is 0 Å². The van der Waals surface area contributed by atoms with E-state index in [1.807, 2.05) is 0 Å². The molecule has 0 aromatic heterocycles. The normalized spacial score (nSPS) is 16.8. The second-order valence-corrected chi connectivity index (χ2v) is 44.6. The van der Waals surface area contributed by atoms with Gasteiger partial charge in [0.1, 0.15) is 0 Å². The van der Waals surface area contributed by atoms with E-state index < -0.39 is 25.9 Å². The molecule has 4 atom stereocenters. The minimum absolute atomic E-state index is 0.196. The van der Waals surface area contributed by atoms with E-state index in [1.54, 1.807) is 0 Å². The third kappa shape index (κ3) is 8.24. The van der Waals surface area contributed by atoms with Gasteiger partial charge in [0.2, 0.25) is 0 Å². The van der Waals surface area contributed by atoms with Gasteiger partial charge in [-0.25, -0.2) is 0 Å². The molecule has 10 aromatic carbocycles. The third-order valence-corrected chi connectivity index (χ3v) is 40.6. The minimum atomic E-state index is -6.08. The Morgan fingerprint density at radius 3 is 1.15 bits per heavy atom. The summed E-state index contributed by atoms with van der Waals surface area (Å²) in [6.45, 7) is 9.56. The van der Waals surface area contributed by atoms with Gasteiger partial charge >= 0.3 is 476 Å². The Bertz CT molecular complexity index is 3780.